The number of fused-ring (bicyclic) bond motifs is 3. The molecule has 5 rings (SSSR count). The normalized spacial score (nSPS) is 22.1. The van der Waals surface area contributed by atoms with Crippen molar-refractivity contribution >= 4 is 29.0 Å². The number of benzene rings is 2. The van der Waals surface area contributed by atoms with Crippen LogP contribution in [0.4, 0.5) is 5.69 Å². The lowest BCUT2D eigenvalue weighted by molar-refractivity contribution is -0.144. The molecule has 3 aliphatic rings. The van der Waals surface area contributed by atoms with E-state index in [-0.39, 0.29) is 30.8 Å². The highest BCUT2D eigenvalue weighted by Crippen LogP contribution is 2.53. The molecule has 2 aromatic carbocycles. The number of carbonyl (C=O) groups is 3. The number of aliphatic hydroxyl groups is 1. The van der Waals surface area contributed by atoms with Crippen molar-refractivity contribution in [2.75, 3.05) is 44.9 Å². The average molecular weight is 476 g/mol. The summed E-state index contributed by atoms with van der Waals surface area (Å²) < 4.78 is 16.3. The second kappa shape index (κ2) is 8.59. The second-order valence-corrected chi connectivity index (χ2v) is 8.29. The minimum absolute atomic E-state index is 0.0268. The van der Waals surface area contributed by atoms with Gasteiger partial charge in [-0.25, -0.2) is 0 Å². The van der Waals surface area contributed by atoms with Crippen LogP contribution in [-0.4, -0.2) is 67.6 Å². The maximum Gasteiger partial charge on any atom is 0.296 e. The van der Waals surface area contributed by atoms with Crippen molar-refractivity contribution < 1.29 is 33.7 Å². The lowest BCUT2D eigenvalue weighted by Gasteiger charge is -2.34. The Morgan fingerprint density at radius 2 is 1.89 bits per heavy atom. The Labute approximate surface area is 201 Å². The maximum absolute atomic E-state index is 14.1. The number of nitrogens with zero attached hydrogens (tertiary/aromatic N) is 2. The molecule has 0 bridgehead atoms. The van der Waals surface area contributed by atoms with E-state index in [1.54, 1.807) is 42.5 Å². The fourth-order valence-electron chi connectivity index (χ4n) is 4.99. The lowest BCUT2D eigenvalue weighted by Crippen LogP contribution is -2.52. The summed E-state index contributed by atoms with van der Waals surface area (Å²) in [6.07, 6.45) is 1.57. The summed E-state index contributed by atoms with van der Waals surface area (Å²) in [6, 6.07) is 11.6. The van der Waals surface area contributed by atoms with E-state index < -0.39 is 28.9 Å². The van der Waals surface area contributed by atoms with Crippen molar-refractivity contribution in [2.45, 2.75) is 5.54 Å². The Balaban J connectivity index is 1.78. The zero-order chi connectivity index (χ0) is 24.7. The highest BCUT2D eigenvalue weighted by molar-refractivity contribution is 6.50. The van der Waals surface area contributed by atoms with Crippen molar-refractivity contribution in [2.24, 2.45) is 0 Å². The molecule has 9 nitrogen and oxygen atoms in total. The first-order chi connectivity index (χ1) is 17.0. The molecule has 1 unspecified atom stereocenters. The van der Waals surface area contributed by atoms with Gasteiger partial charge in [0.2, 0.25) is 0 Å². The number of methoxy groups -OCH3 is 1. The Bertz CT molecular complexity index is 1280. The molecule has 0 radical (unpaired) electrons. The van der Waals surface area contributed by atoms with Gasteiger partial charge in [0, 0.05) is 31.3 Å². The van der Waals surface area contributed by atoms with E-state index in [1.165, 1.54) is 23.0 Å². The number of carbonyl (C=O) groups excluding carboxylic acids is 3. The predicted molar refractivity (Wildman–Crippen MR) is 126 cm³/mol. The first-order valence-electron chi connectivity index (χ1n) is 11.2. The van der Waals surface area contributed by atoms with Crippen LogP contribution in [0, 0.1) is 0 Å². The van der Waals surface area contributed by atoms with Gasteiger partial charge < -0.3 is 29.1 Å². The molecule has 1 fully saturated rings. The number of ether oxygens (including phenoxy) is 3. The van der Waals surface area contributed by atoms with Gasteiger partial charge in [-0.2, -0.15) is 0 Å². The molecule has 1 atom stereocenters. The van der Waals surface area contributed by atoms with Gasteiger partial charge in [-0.15, -0.1) is 6.58 Å². The van der Waals surface area contributed by atoms with Gasteiger partial charge >= 0.3 is 0 Å². The quantitative estimate of drug-likeness (QED) is 0.295. The number of rotatable bonds is 6. The first-order valence-corrected chi connectivity index (χ1v) is 11.2. The van der Waals surface area contributed by atoms with E-state index in [4.69, 9.17) is 14.2 Å². The molecule has 0 saturated carbocycles. The van der Waals surface area contributed by atoms with Crippen LogP contribution in [0.2, 0.25) is 0 Å². The van der Waals surface area contributed by atoms with Crippen molar-refractivity contribution in [1.82, 2.24) is 4.90 Å². The van der Waals surface area contributed by atoms with Crippen LogP contribution in [-0.2, 0) is 24.7 Å². The molecule has 9 heteroatoms. The smallest absolute Gasteiger partial charge is 0.296 e. The number of aliphatic hydroxyl groups excluding tert-OH is 1. The van der Waals surface area contributed by atoms with Gasteiger partial charge in [0.05, 0.1) is 17.9 Å². The summed E-state index contributed by atoms with van der Waals surface area (Å²) in [7, 11) is 1.47. The van der Waals surface area contributed by atoms with Crippen molar-refractivity contribution in [3.05, 3.63) is 71.8 Å². The molecule has 2 aromatic rings. The Hall–Kier alpha value is -4.11. The van der Waals surface area contributed by atoms with Gasteiger partial charge in [-0.1, -0.05) is 24.3 Å². The van der Waals surface area contributed by atoms with Crippen LogP contribution in [0.25, 0.3) is 5.76 Å². The van der Waals surface area contributed by atoms with Gasteiger partial charge in [0.15, 0.2) is 17.0 Å². The maximum atomic E-state index is 14.1. The molecule has 3 aliphatic heterocycles. The third-order valence-electron chi connectivity index (χ3n) is 6.46. The van der Waals surface area contributed by atoms with E-state index in [9.17, 15) is 19.5 Å². The van der Waals surface area contributed by atoms with E-state index in [0.29, 0.717) is 36.0 Å². The number of ketones is 1. The summed E-state index contributed by atoms with van der Waals surface area (Å²) >= 11 is 0. The highest BCUT2D eigenvalue weighted by Gasteiger charge is 2.66. The molecule has 1 saturated heterocycles. The Morgan fingerprint density at radius 1 is 1.14 bits per heavy atom. The number of hydrogen-bond donors (Lipinski definition) is 1. The van der Waals surface area contributed by atoms with Crippen LogP contribution in [0.3, 0.4) is 0 Å². The minimum Gasteiger partial charge on any atom is -0.507 e. The number of Topliss-reactive ketones (excluding diaryl/α,β-unsaturated/α-hetero) is 1. The molecular weight excluding hydrogens is 452 g/mol. The van der Waals surface area contributed by atoms with Crippen LogP contribution in [0.5, 0.6) is 11.5 Å². The van der Waals surface area contributed by atoms with Crippen LogP contribution < -0.4 is 14.4 Å². The summed E-state index contributed by atoms with van der Waals surface area (Å²) in [5.41, 5.74) is -0.940. The number of anilines is 1. The third-order valence-corrected chi connectivity index (χ3v) is 6.46. The molecule has 3 heterocycles. The van der Waals surface area contributed by atoms with Gasteiger partial charge in [0.1, 0.15) is 19.0 Å². The third kappa shape index (κ3) is 3.15. The summed E-state index contributed by atoms with van der Waals surface area (Å²) in [5, 5.41) is 11.5. The summed E-state index contributed by atoms with van der Waals surface area (Å²) in [5.74, 6) is -1.92. The zero-order valence-electron chi connectivity index (χ0n) is 19.2. The molecule has 1 spiro atoms. The Kier molecular flexibility index (Phi) is 5.56. The van der Waals surface area contributed by atoms with Crippen molar-refractivity contribution in [3.8, 4) is 11.5 Å². The fourth-order valence-corrected chi connectivity index (χ4v) is 4.99. The van der Waals surface area contributed by atoms with E-state index in [2.05, 4.69) is 6.58 Å². The molecule has 2 amide bonds. The predicted octanol–water partition coefficient (Wildman–Crippen LogP) is 2.21. The fraction of sp³-hybridized carbons (Fsp3) is 0.269. The monoisotopic (exact) mass is 476 g/mol. The van der Waals surface area contributed by atoms with Gasteiger partial charge in [-0.3, -0.25) is 14.4 Å². The molecule has 35 heavy (non-hydrogen) atoms. The van der Waals surface area contributed by atoms with Crippen molar-refractivity contribution in [1.29, 1.82) is 0 Å². The average Bonchev–Trinajstić information content (AvgIpc) is 3.25. The highest BCUT2D eigenvalue weighted by atomic mass is 16.6. The van der Waals surface area contributed by atoms with Crippen LogP contribution >= 0.6 is 0 Å². The van der Waals surface area contributed by atoms with Gasteiger partial charge in [-0.05, 0) is 24.3 Å². The van der Waals surface area contributed by atoms with Crippen LogP contribution in [0.15, 0.2) is 60.7 Å². The first kappa shape index (κ1) is 22.7. The SMILES string of the molecule is C=CCN1C(=O)C2(/C(=C(/O)c3ccc4c(c3)OCCO4)C(=O)C(=O)N2CCOC)c2ccccc21. The zero-order valence-corrected chi connectivity index (χ0v) is 19.2. The largest absolute Gasteiger partial charge is 0.507 e. The number of likely N-dealkylation sites (tertiary alicyclic amines) is 1. The van der Waals surface area contributed by atoms with E-state index in [0.717, 1.165) is 0 Å². The van der Waals surface area contributed by atoms with Gasteiger partial charge in [0.25, 0.3) is 17.6 Å². The summed E-state index contributed by atoms with van der Waals surface area (Å²) in [6.45, 7) is 4.70. The van der Waals surface area contributed by atoms with E-state index in [1.807, 2.05) is 0 Å². The minimum atomic E-state index is -1.84. The topological polar surface area (TPSA) is 106 Å². The molecule has 0 aromatic heterocycles. The Morgan fingerprint density at radius 3 is 2.63 bits per heavy atom. The molecule has 180 valence electrons. The standard InChI is InChI=1S/C26H24N2O7/c1-3-10-27-18-7-5-4-6-17(18)26(25(27)32)21(23(30)24(31)28(26)11-12-33-2)22(29)16-8-9-19-20(15-16)35-14-13-34-19/h3-9,15,29H,1,10-14H2,2H3/b22-21+. The molecule has 1 N–H and O–H groups in total. The van der Waals surface area contributed by atoms with Crippen molar-refractivity contribution in [3.63, 3.8) is 0 Å². The number of amides is 2. The number of hydrogen-bond acceptors (Lipinski definition) is 7. The van der Waals surface area contributed by atoms with E-state index >= 15 is 0 Å². The second-order valence-electron chi connectivity index (χ2n) is 8.29. The lowest BCUT2D eigenvalue weighted by atomic mass is 9.82. The molecular formula is C26H24N2O7. The summed E-state index contributed by atoms with van der Waals surface area (Å²) in [4.78, 5) is 43.6. The van der Waals surface area contributed by atoms with Crippen LogP contribution in [0.1, 0.15) is 11.1 Å². The molecule has 0 aliphatic carbocycles. The number of para-hydroxylation sites is 1.